The number of nitrogens with one attached hydrogen (secondary N) is 1. The number of likely N-dealkylation sites (N-methyl/N-ethyl adjacent to an activating group) is 1. The molecule has 1 unspecified atom stereocenters. The molecule has 17 heavy (non-hydrogen) atoms. The molecule has 0 spiro atoms. The van der Waals surface area contributed by atoms with Crippen LogP contribution >= 0.6 is 0 Å². The van der Waals surface area contributed by atoms with Crippen LogP contribution in [0.5, 0.6) is 0 Å². The quantitative estimate of drug-likeness (QED) is 0.884. The summed E-state index contributed by atoms with van der Waals surface area (Å²) in [6, 6.07) is 5.92. The van der Waals surface area contributed by atoms with Crippen molar-refractivity contribution in [1.29, 1.82) is 0 Å². The number of hydrogen-bond donors (Lipinski definition) is 1. The molecule has 0 amide bonds. The third kappa shape index (κ3) is 2.53. The highest BCUT2D eigenvalue weighted by atomic mass is 19.2. The lowest BCUT2D eigenvalue weighted by atomic mass is 10.0. The highest BCUT2D eigenvalue weighted by Gasteiger charge is 2.15. The van der Waals surface area contributed by atoms with Crippen LogP contribution in [0.15, 0.2) is 41.2 Å². The third-order valence-corrected chi connectivity index (χ3v) is 2.75. The van der Waals surface area contributed by atoms with Gasteiger partial charge in [-0.05, 0) is 31.2 Å². The summed E-state index contributed by atoms with van der Waals surface area (Å²) in [5.74, 6) is -1.60. The van der Waals surface area contributed by atoms with Crippen molar-refractivity contribution in [2.75, 3.05) is 7.05 Å². The molecule has 0 saturated carbocycles. The lowest BCUT2D eigenvalue weighted by Gasteiger charge is -2.14. The molecule has 0 radical (unpaired) electrons. The molecule has 0 bridgehead atoms. The Morgan fingerprint density at radius 3 is 2.76 bits per heavy atom. The fraction of sp³-hybridized carbons (Fsp3) is 0.231. The van der Waals surface area contributed by atoms with Crippen LogP contribution < -0.4 is 5.32 Å². The van der Waals surface area contributed by atoms with Gasteiger partial charge in [-0.2, -0.15) is 0 Å². The Morgan fingerprint density at radius 1 is 1.29 bits per heavy atom. The lowest BCUT2D eigenvalue weighted by Crippen LogP contribution is -2.19. The van der Waals surface area contributed by atoms with Crippen LogP contribution in [0.4, 0.5) is 8.78 Å². The lowest BCUT2D eigenvalue weighted by molar-refractivity contribution is 0.485. The topological polar surface area (TPSA) is 25.2 Å². The van der Waals surface area contributed by atoms with Crippen molar-refractivity contribution >= 4 is 0 Å². The molecule has 1 heterocycles. The molecule has 1 atom stereocenters. The minimum Gasteiger partial charge on any atom is -0.472 e. The monoisotopic (exact) mass is 237 g/mol. The maximum atomic E-state index is 13.5. The summed E-state index contributed by atoms with van der Waals surface area (Å²) in [7, 11) is 1.77. The van der Waals surface area contributed by atoms with E-state index in [9.17, 15) is 8.78 Å². The van der Waals surface area contributed by atoms with Gasteiger partial charge in [-0.1, -0.05) is 12.1 Å². The van der Waals surface area contributed by atoms with Crippen molar-refractivity contribution in [2.24, 2.45) is 0 Å². The summed E-state index contributed by atoms with van der Waals surface area (Å²) in [6.45, 7) is 0. The van der Waals surface area contributed by atoms with Crippen molar-refractivity contribution in [3.8, 4) is 0 Å². The summed E-state index contributed by atoms with van der Waals surface area (Å²) < 4.78 is 31.6. The van der Waals surface area contributed by atoms with Gasteiger partial charge in [-0.3, -0.25) is 0 Å². The molecule has 0 fully saturated rings. The van der Waals surface area contributed by atoms with Crippen molar-refractivity contribution in [3.05, 3.63) is 59.6 Å². The molecule has 0 saturated heterocycles. The predicted molar refractivity (Wildman–Crippen MR) is 60.6 cm³/mol. The fourth-order valence-electron chi connectivity index (χ4n) is 1.79. The first-order chi connectivity index (χ1) is 8.22. The zero-order valence-corrected chi connectivity index (χ0v) is 9.41. The molecular formula is C13H13F2NO. The Bertz CT molecular complexity index is 482. The number of furan rings is 1. The van der Waals surface area contributed by atoms with Gasteiger partial charge in [0.05, 0.1) is 12.5 Å². The maximum Gasteiger partial charge on any atom is 0.162 e. The predicted octanol–water partition coefficient (Wildman–Crippen LogP) is 3.06. The van der Waals surface area contributed by atoms with Crippen LogP contribution in [0.3, 0.4) is 0 Å². The SMILES string of the molecule is CNC(Cc1cccc(F)c1F)c1ccoc1. The summed E-state index contributed by atoms with van der Waals surface area (Å²) in [6.07, 6.45) is 3.53. The van der Waals surface area contributed by atoms with Gasteiger partial charge >= 0.3 is 0 Å². The Balaban J connectivity index is 2.22. The average Bonchev–Trinajstić information content (AvgIpc) is 2.85. The van der Waals surface area contributed by atoms with Crippen LogP contribution in [0.1, 0.15) is 17.2 Å². The summed E-state index contributed by atoms with van der Waals surface area (Å²) in [5.41, 5.74) is 1.27. The largest absolute Gasteiger partial charge is 0.472 e. The van der Waals surface area contributed by atoms with Crippen LogP contribution in [0.25, 0.3) is 0 Å². The zero-order chi connectivity index (χ0) is 12.3. The van der Waals surface area contributed by atoms with E-state index in [2.05, 4.69) is 5.32 Å². The molecule has 1 aromatic heterocycles. The van der Waals surface area contributed by atoms with Crippen LogP contribution in [0.2, 0.25) is 0 Å². The second-order valence-corrected chi connectivity index (χ2v) is 3.82. The fourth-order valence-corrected chi connectivity index (χ4v) is 1.79. The number of rotatable bonds is 4. The van der Waals surface area contributed by atoms with Crippen molar-refractivity contribution in [1.82, 2.24) is 5.32 Å². The van der Waals surface area contributed by atoms with E-state index in [0.717, 1.165) is 11.6 Å². The molecule has 0 aliphatic heterocycles. The zero-order valence-electron chi connectivity index (χ0n) is 9.41. The molecule has 2 aromatic rings. The number of hydrogen-bond acceptors (Lipinski definition) is 2. The van der Waals surface area contributed by atoms with E-state index >= 15 is 0 Å². The average molecular weight is 237 g/mol. The Labute approximate surface area is 98.3 Å². The van der Waals surface area contributed by atoms with Crippen molar-refractivity contribution in [3.63, 3.8) is 0 Å². The Hall–Kier alpha value is -1.68. The Morgan fingerprint density at radius 2 is 2.12 bits per heavy atom. The first-order valence-corrected chi connectivity index (χ1v) is 5.34. The van der Waals surface area contributed by atoms with Crippen LogP contribution in [0, 0.1) is 11.6 Å². The molecule has 90 valence electrons. The minimum absolute atomic E-state index is 0.0925. The first-order valence-electron chi connectivity index (χ1n) is 5.34. The molecule has 2 rings (SSSR count). The molecule has 0 aliphatic carbocycles. The molecule has 0 aliphatic rings. The van der Waals surface area contributed by atoms with Gasteiger partial charge in [0.25, 0.3) is 0 Å². The standard InChI is InChI=1S/C13H13F2NO/c1-16-12(10-5-6-17-8-10)7-9-3-2-4-11(14)13(9)15/h2-6,8,12,16H,7H2,1H3. The molecule has 4 heteroatoms. The Kier molecular flexibility index (Phi) is 3.54. The minimum atomic E-state index is -0.815. The maximum absolute atomic E-state index is 13.5. The van der Waals surface area contributed by atoms with E-state index in [0.29, 0.717) is 12.0 Å². The summed E-state index contributed by atoms with van der Waals surface area (Å²) in [4.78, 5) is 0. The van der Waals surface area contributed by atoms with Crippen LogP contribution in [-0.4, -0.2) is 7.05 Å². The molecule has 2 nitrogen and oxygen atoms in total. The second-order valence-electron chi connectivity index (χ2n) is 3.82. The van der Waals surface area contributed by atoms with E-state index in [1.54, 1.807) is 31.7 Å². The second kappa shape index (κ2) is 5.10. The highest BCUT2D eigenvalue weighted by Crippen LogP contribution is 2.21. The van der Waals surface area contributed by atoms with Gasteiger partial charge in [0.2, 0.25) is 0 Å². The van der Waals surface area contributed by atoms with E-state index in [1.165, 1.54) is 6.07 Å². The van der Waals surface area contributed by atoms with E-state index in [-0.39, 0.29) is 6.04 Å². The molecular weight excluding hydrogens is 224 g/mol. The third-order valence-electron chi connectivity index (χ3n) is 2.75. The van der Waals surface area contributed by atoms with Gasteiger partial charge < -0.3 is 9.73 Å². The molecule has 1 aromatic carbocycles. The van der Waals surface area contributed by atoms with Gasteiger partial charge in [-0.25, -0.2) is 8.78 Å². The smallest absolute Gasteiger partial charge is 0.162 e. The van der Waals surface area contributed by atoms with E-state index < -0.39 is 11.6 Å². The molecule has 1 N–H and O–H groups in total. The van der Waals surface area contributed by atoms with Gasteiger partial charge in [0.15, 0.2) is 11.6 Å². The van der Waals surface area contributed by atoms with Gasteiger partial charge in [0, 0.05) is 11.6 Å². The van der Waals surface area contributed by atoms with E-state index in [1.807, 2.05) is 0 Å². The normalized spacial score (nSPS) is 12.6. The number of benzene rings is 1. The van der Waals surface area contributed by atoms with E-state index in [4.69, 9.17) is 4.42 Å². The van der Waals surface area contributed by atoms with Gasteiger partial charge in [-0.15, -0.1) is 0 Å². The van der Waals surface area contributed by atoms with Crippen molar-refractivity contribution < 1.29 is 13.2 Å². The first kappa shape index (κ1) is 11.8. The van der Waals surface area contributed by atoms with Crippen LogP contribution in [-0.2, 0) is 6.42 Å². The highest BCUT2D eigenvalue weighted by molar-refractivity contribution is 5.23. The number of halogens is 2. The van der Waals surface area contributed by atoms with Gasteiger partial charge in [0.1, 0.15) is 0 Å². The summed E-state index contributed by atoms with van der Waals surface area (Å²) >= 11 is 0. The van der Waals surface area contributed by atoms with Crippen molar-refractivity contribution in [2.45, 2.75) is 12.5 Å². The summed E-state index contributed by atoms with van der Waals surface area (Å²) in [5, 5.41) is 3.05.